The number of hydrogen-bond acceptors (Lipinski definition) is 7. The van der Waals surface area contributed by atoms with Gasteiger partial charge in [0.15, 0.2) is 5.75 Å². The lowest BCUT2D eigenvalue weighted by atomic mass is 9.93. The molecule has 40 heavy (non-hydrogen) atoms. The van der Waals surface area contributed by atoms with Crippen molar-refractivity contribution in [2.45, 2.75) is 50.5 Å². The number of ether oxygens (including phenoxy) is 1. The minimum Gasteiger partial charge on any atom is -0.487 e. The maximum absolute atomic E-state index is 14.0. The van der Waals surface area contributed by atoms with Crippen LogP contribution in [-0.2, 0) is 10.0 Å². The van der Waals surface area contributed by atoms with Crippen LogP contribution in [0.5, 0.6) is 5.75 Å². The SMILES string of the molecule is O=C(Nc1cccc2c1OCC1CC(F)(F)CCN21)c1ccc(NS(=O)(=O)CCO)cc1N1CCC2(CC1)CC2. The fourth-order valence-corrected chi connectivity index (χ4v) is 6.99. The third-order valence-corrected chi connectivity index (χ3v) is 9.93. The largest absolute Gasteiger partial charge is 0.487 e. The Balaban J connectivity index is 1.27. The van der Waals surface area contributed by atoms with Crippen molar-refractivity contribution in [3.63, 3.8) is 0 Å². The summed E-state index contributed by atoms with van der Waals surface area (Å²) in [5.74, 6) is -3.06. The Labute approximate surface area is 232 Å². The zero-order valence-electron chi connectivity index (χ0n) is 22.2. The van der Waals surface area contributed by atoms with E-state index in [9.17, 15) is 22.0 Å². The van der Waals surface area contributed by atoms with Gasteiger partial charge in [-0.1, -0.05) is 6.07 Å². The number of halogens is 2. The predicted octanol–water partition coefficient (Wildman–Crippen LogP) is 4.05. The summed E-state index contributed by atoms with van der Waals surface area (Å²) in [7, 11) is -3.74. The van der Waals surface area contributed by atoms with E-state index in [-0.39, 0.29) is 31.9 Å². The van der Waals surface area contributed by atoms with Crippen LogP contribution in [0, 0.1) is 5.41 Å². The number of anilines is 4. The molecular formula is C28H34F2N4O5S. The number of carbonyl (C=O) groups is 1. The first-order valence-corrected chi connectivity index (χ1v) is 15.4. The molecule has 3 heterocycles. The van der Waals surface area contributed by atoms with Crippen molar-refractivity contribution in [1.82, 2.24) is 0 Å². The second-order valence-electron chi connectivity index (χ2n) is 11.4. The van der Waals surface area contributed by atoms with Crippen LogP contribution >= 0.6 is 0 Å². The van der Waals surface area contributed by atoms with E-state index in [1.165, 1.54) is 18.9 Å². The minimum absolute atomic E-state index is 0.110. The van der Waals surface area contributed by atoms with Gasteiger partial charge in [-0.25, -0.2) is 17.2 Å². The highest BCUT2D eigenvalue weighted by molar-refractivity contribution is 7.92. The first-order valence-electron chi connectivity index (χ1n) is 13.8. The molecule has 3 aliphatic heterocycles. The smallest absolute Gasteiger partial charge is 0.257 e. The molecule has 4 aliphatic rings. The van der Waals surface area contributed by atoms with Crippen molar-refractivity contribution in [3.8, 4) is 5.75 Å². The van der Waals surface area contributed by atoms with Crippen molar-refractivity contribution in [1.29, 1.82) is 0 Å². The van der Waals surface area contributed by atoms with E-state index >= 15 is 0 Å². The molecule has 1 aliphatic carbocycles. The van der Waals surface area contributed by atoms with Gasteiger partial charge in [-0.2, -0.15) is 0 Å². The maximum atomic E-state index is 14.0. The normalized spacial score (nSPS) is 22.6. The minimum atomic E-state index is -3.74. The van der Waals surface area contributed by atoms with Gasteiger partial charge in [0.2, 0.25) is 10.0 Å². The van der Waals surface area contributed by atoms with Gasteiger partial charge in [-0.3, -0.25) is 9.52 Å². The number of carbonyl (C=O) groups excluding carboxylic acids is 1. The number of aliphatic hydroxyl groups excluding tert-OH is 1. The molecule has 0 radical (unpaired) electrons. The molecule has 12 heteroatoms. The Morgan fingerprint density at radius 3 is 2.55 bits per heavy atom. The second-order valence-corrected chi connectivity index (χ2v) is 13.3. The van der Waals surface area contributed by atoms with Gasteiger partial charge in [-0.15, -0.1) is 0 Å². The number of aliphatic hydroxyl groups is 1. The molecule has 3 N–H and O–H groups in total. The molecule has 2 saturated heterocycles. The maximum Gasteiger partial charge on any atom is 0.257 e. The van der Waals surface area contributed by atoms with Gasteiger partial charge in [0.25, 0.3) is 11.8 Å². The van der Waals surface area contributed by atoms with Crippen LogP contribution in [0.3, 0.4) is 0 Å². The molecule has 1 saturated carbocycles. The molecule has 0 aromatic heterocycles. The number of nitrogens with one attached hydrogen (secondary N) is 2. The molecular weight excluding hydrogens is 542 g/mol. The third kappa shape index (κ3) is 5.43. The molecule has 2 aromatic carbocycles. The van der Waals surface area contributed by atoms with Crippen molar-refractivity contribution >= 4 is 38.7 Å². The molecule has 9 nitrogen and oxygen atoms in total. The quantitative estimate of drug-likeness (QED) is 0.456. The molecule has 0 bridgehead atoms. The fourth-order valence-electron chi connectivity index (χ4n) is 6.16. The molecule has 1 spiro atoms. The van der Waals surface area contributed by atoms with Crippen LogP contribution in [0.25, 0.3) is 0 Å². The zero-order chi connectivity index (χ0) is 28.1. The molecule has 2 aromatic rings. The standard InChI is InChI=1S/C28H34F2N4O5S/c29-28(30)10-13-34-20(17-28)18-39-25-22(2-1-3-23(25)34)31-26(36)21-5-4-19(32-40(37,38)15-14-35)16-24(21)33-11-8-27(6-7-27)9-12-33/h1-5,16,20,32,35H,6-15,17-18H2,(H,31,36). The van der Waals surface area contributed by atoms with E-state index in [0.29, 0.717) is 39.5 Å². The summed E-state index contributed by atoms with van der Waals surface area (Å²) in [6.07, 6.45) is 4.00. The van der Waals surface area contributed by atoms with Crippen molar-refractivity contribution in [3.05, 3.63) is 42.0 Å². The van der Waals surface area contributed by atoms with E-state index in [1.54, 1.807) is 24.3 Å². The topological polar surface area (TPSA) is 111 Å². The van der Waals surface area contributed by atoms with Gasteiger partial charge < -0.3 is 25.0 Å². The van der Waals surface area contributed by atoms with Gasteiger partial charge in [0.1, 0.15) is 6.61 Å². The molecule has 1 unspecified atom stereocenters. The highest BCUT2D eigenvalue weighted by Gasteiger charge is 2.45. The van der Waals surface area contributed by atoms with E-state index in [1.807, 2.05) is 11.0 Å². The summed E-state index contributed by atoms with van der Waals surface area (Å²) in [6.45, 7) is 1.34. The fraction of sp³-hybridized carbons (Fsp3) is 0.536. The van der Waals surface area contributed by atoms with Gasteiger partial charge in [0, 0.05) is 32.5 Å². The number of fused-ring (bicyclic) bond motifs is 3. The number of para-hydroxylation sites is 1. The second kappa shape index (κ2) is 10.1. The van der Waals surface area contributed by atoms with Gasteiger partial charge >= 0.3 is 0 Å². The number of hydrogen-bond donors (Lipinski definition) is 3. The Kier molecular flexibility index (Phi) is 6.81. The number of amides is 1. The van der Waals surface area contributed by atoms with Crippen LogP contribution in [0.15, 0.2) is 36.4 Å². The summed E-state index contributed by atoms with van der Waals surface area (Å²) in [4.78, 5) is 17.8. The van der Waals surface area contributed by atoms with Crippen LogP contribution in [-0.4, -0.2) is 70.0 Å². The first kappa shape index (κ1) is 27.1. The number of piperidine rings is 2. The molecule has 216 valence electrons. The van der Waals surface area contributed by atoms with Crippen LogP contribution in [0.4, 0.5) is 31.5 Å². The lowest BCUT2D eigenvalue weighted by Gasteiger charge is -2.44. The summed E-state index contributed by atoms with van der Waals surface area (Å²) in [5.41, 5.74) is 2.88. The summed E-state index contributed by atoms with van der Waals surface area (Å²) in [5, 5.41) is 12.1. The zero-order valence-corrected chi connectivity index (χ0v) is 23.0. The first-order chi connectivity index (χ1) is 19.1. The number of sulfonamides is 1. The van der Waals surface area contributed by atoms with Crippen LogP contribution in [0.1, 0.15) is 48.9 Å². The van der Waals surface area contributed by atoms with Gasteiger partial charge in [-0.05, 0) is 61.4 Å². The Morgan fingerprint density at radius 1 is 1.05 bits per heavy atom. The highest BCUT2D eigenvalue weighted by atomic mass is 32.2. The third-order valence-electron chi connectivity index (χ3n) is 8.66. The predicted molar refractivity (Wildman–Crippen MR) is 149 cm³/mol. The molecule has 3 fully saturated rings. The summed E-state index contributed by atoms with van der Waals surface area (Å²) < 4.78 is 61.0. The van der Waals surface area contributed by atoms with Crippen molar-refractivity contribution in [2.24, 2.45) is 5.41 Å². The van der Waals surface area contributed by atoms with E-state index in [0.717, 1.165) is 25.9 Å². The molecule has 6 rings (SSSR count). The molecule has 1 amide bonds. The Hall–Kier alpha value is -3.12. The van der Waals surface area contributed by atoms with Gasteiger partial charge in [0.05, 0.1) is 46.7 Å². The van der Waals surface area contributed by atoms with Crippen LogP contribution < -0.4 is 24.6 Å². The van der Waals surface area contributed by atoms with Crippen molar-refractivity contribution in [2.75, 3.05) is 58.4 Å². The summed E-state index contributed by atoms with van der Waals surface area (Å²) in [6, 6.07) is 9.70. The average molecular weight is 577 g/mol. The number of benzene rings is 2. The number of nitrogens with zero attached hydrogens (tertiary/aromatic N) is 2. The van der Waals surface area contributed by atoms with E-state index < -0.39 is 34.3 Å². The van der Waals surface area contributed by atoms with E-state index in [4.69, 9.17) is 9.84 Å². The highest BCUT2D eigenvalue weighted by Crippen LogP contribution is 2.54. The van der Waals surface area contributed by atoms with E-state index in [2.05, 4.69) is 14.9 Å². The molecule has 1 atom stereocenters. The Bertz CT molecular complexity index is 1410. The summed E-state index contributed by atoms with van der Waals surface area (Å²) >= 11 is 0. The lowest BCUT2D eigenvalue weighted by Crippen LogP contribution is -2.52. The number of alkyl halides is 2. The van der Waals surface area contributed by atoms with Crippen molar-refractivity contribution < 1.29 is 31.8 Å². The lowest BCUT2D eigenvalue weighted by molar-refractivity contribution is -0.0400. The Morgan fingerprint density at radius 2 is 1.82 bits per heavy atom. The monoisotopic (exact) mass is 576 g/mol. The number of rotatable bonds is 7. The average Bonchev–Trinajstić information content (AvgIpc) is 3.66. The van der Waals surface area contributed by atoms with Crippen LogP contribution in [0.2, 0.25) is 0 Å².